The Kier molecular flexibility index (Phi) is 6.41. The van der Waals surface area contributed by atoms with Crippen LogP contribution in [-0.2, 0) is 15.4 Å². The number of furan rings is 1. The Morgan fingerprint density at radius 1 is 1.04 bits per heavy atom. The molecule has 0 bridgehead atoms. The van der Waals surface area contributed by atoms with Gasteiger partial charge in [0.2, 0.25) is 5.09 Å². The summed E-state index contributed by atoms with van der Waals surface area (Å²) in [5.74, 6) is -0.466. The van der Waals surface area contributed by atoms with Crippen LogP contribution in [0.1, 0.15) is 64.1 Å². The fraction of sp³-hybridized carbons (Fsp3) is 0.476. The summed E-state index contributed by atoms with van der Waals surface area (Å²) in [5, 5.41) is 2.61. The van der Waals surface area contributed by atoms with Crippen LogP contribution in [0.4, 0.5) is 0 Å². The van der Waals surface area contributed by atoms with Crippen molar-refractivity contribution >= 4 is 15.9 Å². The zero-order valence-corrected chi connectivity index (χ0v) is 18.2. The molecule has 28 heavy (non-hydrogen) atoms. The molecule has 0 aliphatic carbocycles. The minimum atomic E-state index is -3.82. The van der Waals surface area contributed by atoms with E-state index < -0.39 is 21.5 Å². The van der Waals surface area contributed by atoms with Crippen LogP contribution >= 0.6 is 0 Å². The van der Waals surface area contributed by atoms with Crippen molar-refractivity contribution in [3.05, 3.63) is 53.8 Å². The average Bonchev–Trinajstić information content (AvgIpc) is 3.04. The minimum Gasteiger partial charge on any atom is -0.438 e. The van der Waals surface area contributed by atoms with Crippen molar-refractivity contribution < 1.29 is 17.6 Å². The molecule has 0 radical (unpaired) electrons. The van der Waals surface area contributed by atoms with Gasteiger partial charge in [0, 0.05) is 11.6 Å². The molecule has 1 heterocycles. The third-order valence-corrected chi connectivity index (χ3v) is 5.89. The van der Waals surface area contributed by atoms with Gasteiger partial charge in [0.25, 0.3) is 15.9 Å². The highest BCUT2D eigenvalue weighted by molar-refractivity contribution is 7.89. The first-order valence-electron chi connectivity index (χ1n) is 9.30. The van der Waals surface area contributed by atoms with Gasteiger partial charge in [-0.3, -0.25) is 4.79 Å². The zero-order valence-electron chi connectivity index (χ0n) is 17.4. The third kappa shape index (κ3) is 5.94. The molecule has 6 nitrogen and oxygen atoms in total. The number of benzene rings is 1. The van der Waals surface area contributed by atoms with E-state index in [2.05, 4.69) is 36.0 Å². The third-order valence-electron chi connectivity index (χ3n) is 4.26. The molecule has 1 aromatic heterocycles. The molecule has 2 rings (SSSR count). The lowest BCUT2D eigenvalue weighted by atomic mass is 9.79. The maximum atomic E-state index is 12.5. The Morgan fingerprint density at radius 2 is 1.64 bits per heavy atom. The lowest BCUT2D eigenvalue weighted by Crippen LogP contribution is -2.40. The fourth-order valence-corrected chi connectivity index (χ4v) is 4.51. The number of hydrogen-bond donors (Lipinski definition) is 2. The lowest BCUT2D eigenvalue weighted by molar-refractivity contribution is 0.0901. The molecule has 0 spiro atoms. The Hall–Kier alpha value is -2.12. The molecule has 1 amide bonds. The largest absolute Gasteiger partial charge is 0.438 e. The number of sulfonamides is 1. The van der Waals surface area contributed by atoms with E-state index in [9.17, 15) is 13.2 Å². The van der Waals surface area contributed by atoms with Crippen LogP contribution < -0.4 is 10.0 Å². The van der Waals surface area contributed by atoms with Gasteiger partial charge < -0.3 is 9.73 Å². The maximum absolute atomic E-state index is 12.5. The number of amides is 1. The second-order valence-corrected chi connectivity index (χ2v) is 10.4. The second kappa shape index (κ2) is 8.09. The summed E-state index contributed by atoms with van der Waals surface area (Å²) in [7, 11) is -3.82. The van der Waals surface area contributed by atoms with Crippen LogP contribution in [0.15, 0.2) is 52.0 Å². The molecule has 0 aliphatic rings. The Labute approximate surface area is 167 Å². The summed E-state index contributed by atoms with van der Waals surface area (Å²) in [6.07, 6.45) is 0.722. The van der Waals surface area contributed by atoms with Crippen molar-refractivity contribution in [2.24, 2.45) is 0 Å². The van der Waals surface area contributed by atoms with Gasteiger partial charge >= 0.3 is 0 Å². The highest BCUT2D eigenvalue weighted by Gasteiger charge is 2.28. The van der Waals surface area contributed by atoms with Gasteiger partial charge in [0.1, 0.15) is 0 Å². The summed E-state index contributed by atoms with van der Waals surface area (Å²) in [5.41, 5.74) is 0.420. The first-order chi connectivity index (χ1) is 12.8. The molecule has 7 heteroatoms. The SMILES string of the molecule is CC(CC(C)(C)c1ccccc1)NC(=O)c1ccc(S(=O)(=O)NC(C)(C)C)o1. The lowest BCUT2D eigenvalue weighted by Gasteiger charge is -2.29. The topological polar surface area (TPSA) is 88.4 Å². The van der Waals surface area contributed by atoms with Crippen molar-refractivity contribution in [3.63, 3.8) is 0 Å². The predicted molar refractivity (Wildman–Crippen MR) is 110 cm³/mol. The van der Waals surface area contributed by atoms with Crippen LogP contribution in [0.3, 0.4) is 0 Å². The second-order valence-electron chi connectivity index (χ2n) is 8.80. The van der Waals surface area contributed by atoms with Gasteiger partial charge in [-0.2, -0.15) is 0 Å². The normalized spacial score (nSPS) is 13.9. The Morgan fingerprint density at radius 3 is 2.21 bits per heavy atom. The molecule has 1 atom stereocenters. The van der Waals surface area contributed by atoms with Gasteiger partial charge in [-0.1, -0.05) is 44.2 Å². The van der Waals surface area contributed by atoms with E-state index >= 15 is 0 Å². The molecule has 0 aliphatic heterocycles. The van der Waals surface area contributed by atoms with Crippen molar-refractivity contribution in [1.82, 2.24) is 10.0 Å². The van der Waals surface area contributed by atoms with Crippen molar-refractivity contribution in [2.45, 2.75) is 70.1 Å². The van der Waals surface area contributed by atoms with Crippen LogP contribution in [0.5, 0.6) is 0 Å². The molecule has 2 N–H and O–H groups in total. The highest BCUT2D eigenvalue weighted by atomic mass is 32.2. The molecule has 1 aromatic carbocycles. The van der Waals surface area contributed by atoms with E-state index in [1.54, 1.807) is 20.8 Å². The van der Waals surface area contributed by atoms with Gasteiger partial charge in [-0.15, -0.1) is 0 Å². The standard InChI is InChI=1S/C21H30N2O4S/c1-15(14-21(5,6)16-10-8-7-9-11-16)22-19(24)17-12-13-18(27-17)28(25,26)23-20(2,3)4/h7-13,15,23H,14H2,1-6H3,(H,22,24). The number of rotatable bonds is 7. The molecule has 2 aromatic rings. The van der Waals surface area contributed by atoms with Gasteiger partial charge in [-0.25, -0.2) is 13.1 Å². The summed E-state index contributed by atoms with van der Waals surface area (Å²) >= 11 is 0. The van der Waals surface area contributed by atoms with Gasteiger partial charge in [0.15, 0.2) is 5.76 Å². The molecule has 0 saturated carbocycles. The number of carbonyl (C=O) groups excluding carboxylic acids is 1. The summed E-state index contributed by atoms with van der Waals surface area (Å²) < 4.78 is 32.4. The summed E-state index contributed by atoms with van der Waals surface area (Å²) in [6.45, 7) is 11.4. The summed E-state index contributed by atoms with van der Waals surface area (Å²) in [4.78, 5) is 12.5. The van der Waals surface area contributed by atoms with E-state index in [0.717, 1.165) is 6.42 Å². The van der Waals surface area contributed by atoms with E-state index in [1.807, 2.05) is 25.1 Å². The monoisotopic (exact) mass is 406 g/mol. The Bertz CT molecular complexity index is 909. The van der Waals surface area contributed by atoms with E-state index in [1.165, 1.54) is 17.7 Å². The van der Waals surface area contributed by atoms with Gasteiger partial charge in [-0.05, 0) is 57.2 Å². The molecular formula is C21H30N2O4S. The Balaban J connectivity index is 2.04. The quantitative estimate of drug-likeness (QED) is 0.731. The van der Waals surface area contributed by atoms with Gasteiger partial charge in [0.05, 0.1) is 0 Å². The van der Waals surface area contributed by atoms with Crippen molar-refractivity contribution in [1.29, 1.82) is 0 Å². The number of carbonyl (C=O) groups is 1. The summed E-state index contributed by atoms with van der Waals surface area (Å²) in [6, 6.07) is 12.7. The van der Waals surface area contributed by atoms with Crippen molar-refractivity contribution in [3.8, 4) is 0 Å². The van der Waals surface area contributed by atoms with Crippen LogP contribution in [0.2, 0.25) is 0 Å². The zero-order chi connectivity index (χ0) is 21.2. The molecule has 0 saturated heterocycles. The molecule has 0 fully saturated rings. The number of hydrogen-bond acceptors (Lipinski definition) is 4. The predicted octanol–water partition coefficient (Wildman–Crippen LogP) is 3.84. The first kappa shape index (κ1) is 22.2. The van der Waals surface area contributed by atoms with Crippen LogP contribution in [-0.4, -0.2) is 25.9 Å². The molecular weight excluding hydrogens is 376 g/mol. The van der Waals surface area contributed by atoms with Crippen molar-refractivity contribution in [2.75, 3.05) is 0 Å². The minimum absolute atomic E-state index is 0.0290. The van der Waals surface area contributed by atoms with Crippen LogP contribution in [0.25, 0.3) is 0 Å². The highest BCUT2D eigenvalue weighted by Crippen LogP contribution is 2.28. The fourth-order valence-electron chi connectivity index (χ4n) is 3.16. The first-order valence-corrected chi connectivity index (χ1v) is 10.8. The smallest absolute Gasteiger partial charge is 0.287 e. The maximum Gasteiger partial charge on any atom is 0.287 e. The van der Waals surface area contributed by atoms with E-state index in [4.69, 9.17) is 4.42 Å². The average molecular weight is 407 g/mol. The molecule has 1 unspecified atom stereocenters. The number of nitrogens with one attached hydrogen (secondary N) is 2. The van der Waals surface area contributed by atoms with Crippen LogP contribution in [0, 0.1) is 0 Å². The van der Waals surface area contributed by atoms with E-state index in [-0.39, 0.29) is 22.3 Å². The van der Waals surface area contributed by atoms with E-state index in [0.29, 0.717) is 0 Å². The molecule has 154 valence electrons.